The van der Waals surface area contributed by atoms with E-state index in [4.69, 9.17) is 21.7 Å². The van der Waals surface area contributed by atoms with Crippen LogP contribution in [0, 0.1) is 0 Å². The fourth-order valence-corrected chi connectivity index (χ4v) is 3.11. The van der Waals surface area contributed by atoms with Crippen molar-refractivity contribution in [1.82, 2.24) is 16.0 Å². The van der Waals surface area contributed by atoms with Crippen molar-refractivity contribution in [2.24, 2.45) is 11.5 Å². The molecule has 4 atom stereocenters. The third-order valence-electron chi connectivity index (χ3n) is 4.95. The van der Waals surface area contributed by atoms with Crippen LogP contribution in [0.1, 0.15) is 31.2 Å². The van der Waals surface area contributed by atoms with Crippen molar-refractivity contribution in [2.75, 3.05) is 0 Å². The molecule has 0 spiro atoms. The van der Waals surface area contributed by atoms with Crippen LogP contribution in [0.5, 0.6) is 0 Å². The smallest absolute Gasteiger partial charge is 0.326 e. The second-order valence-corrected chi connectivity index (χ2v) is 8.02. The average Bonchev–Trinajstić information content (AvgIpc) is 2.80. The van der Waals surface area contributed by atoms with Gasteiger partial charge < -0.3 is 42.7 Å². The molecule has 1 aromatic carbocycles. The van der Waals surface area contributed by atoms with Crippen LogP contribution in [0.15, 0.2) is 30.3 Å². The van der Waals surface area contributed by atoms with Gasteiger partial charge in [0.25, 0.3) is 0 Å². The number of carbonyl (C=O) groups excluding carboxylic acids is 4. The molecule has 0 aromatic heterocycles. The lowest BCUT2D eigenvalue weighted by atomic mass is 10.0. The van der Waals surface area contributed by atoms with Crippen LogP contribution in [0.2, 0.25) is 0 Å². The third-order valence-corrected chi connectivity index (χ3v) is 4.95. The number of rotatable bonds is 16. The molecule has 15 heteroatoms. The normalized spacial score (nSPS) is 13.8. The zero-order chi connectivity index (χ0) is 28.1. The van der Waals surface area contributed by atoms with E-state index in [-0.39, 0.29) is 6.42 Å². The van der Waals surface area contributed by atoms with Gasteiger partial charge in [-0.15, -0.1) is 0 Å². The summed E-state index contributed by atoms with van der Waals surface area (Å²) in [6.45, 7) is 0. The zero-order valence-corrected chi connectivity index (χ0v) is 19.6. The quantitative estimate of drug-likeness (QED) is 0.110. The summed E-state index contributed by atoms with van der Waals surface area (Å²) in [6.07, 6.45) is -2.75. The maximum atomic E-state index is 12.8. The van der Waals surface area contributed by atoms with Gasteiger partial charge in [0.2, 0.25) is 23.6 Å². The number of nitrogens with one attached hydrogen (secondary N) is 3. The van der Waals surface area contributed by atoms with E-state index in [9.17, 15) is 38.7 Å². The van der Waals surface area contributed by atoms with Crippen molar-refractivity contribution in [1.29, 1.82) is 0 Å². The molecule has 4 amide bonds. The highest BCUT2D eigenvalue weighted by molar-refractivity contribution is 5.96. The highest BCUT2D eigenvalue weighted by atomic mass is 16.4. The molecule has 0 aliphatic carbocycles. The van der Waals surface area contributed by atoms with Gasteiger partial charge >= 0.3 is 17.9 Å². The fraction of sp³-hybridized carbons (Fsp3) is 0.409. The minimum atomic E-state index is -1.76. The van der Waals surface area contributed by atoms with Crippen molar-refractivity contribution >= 4 is 41.5 Å². The van der Waals surface area contributed by atoms with Gasteiger partial charge in [0.05, 0.1) is 18.9 Å². The molecule has 1 rings (SSSR count). The number of carboxylic acids is 3. The summed E-state index contributed by atoms with van der Waals surface area (Å²) in [7, 11) is 0. The predicted molar refractivity (Wildman–Crippen MR) is 124 cm³/mol. The van der Waals surface area contributed by atoms with Crippen LogP contribution in [0.4, 0.5) is 0 Å². The number of nitrogens with two attached hydrogens (primary N) is 2. The summed E-state index contributed by atoms with van der Waals surface area (Å²) in [6, 6.07) is 2.36. The molecular formula is C22H29N5O10. The van der Waals surface area contributed by atoms with E-state index in [1.807, 2.05) is 5.32 Å². The van der Waals surface area contributed by atoms with Gasteiger partial charge in [-0.25, -0.2) is 4.79 Å². The largest absolute Gasteiger partial charge is 0.481 e. The molecule has 4 unspecified atom stereocenters. The minimum Gasteiger partial charge on any atom is -0.481 e. The van der Waals surface area contributed by atoms with Gasteiger partial charge in [0.1, 0.15) is 18.1 Å². The Kier molecular flexibility index (Phi) is 12.2. The Morgan fingerprint density at radius 3 is 1.78 bits per heavy atom. The first-order valence-electron chi connectivity index (χ1n) is 11.0. The fourth-order valence-electron chi connectivity index (χ4n) is 3.11. The summed E-state index contributed by atoms with van der Waals surface area (Å²) in [5.41, 5.74) is 11.5. The molecule has 202 valence electrons. The number of carbonyl (C=O) groups is 7. The standard InChI is InChI=1S/C22H29N5O10/c23-12(8-11-4-2-1-3-5-11)19(33)26-14(10-18(31)32)21(35)25-13(6-7-17(29)30)20(34)27-15(22(36)37)9-16(24)28/h1-5,12-15H,6-10,23H2,(H2,24,28)(H,25,35)(H,26,33)(H,27,34)(H,29,30)(H,31,32)(H,36,37). The molecule has 0 saturated heterocycles. The highest BCUT2D eigenvalue weighted by Crippen LogP contribution is 2.05. The molecule has 0 bridgehead atoms. The maximum absolute atomic E-state index is 12.8. The molecule has 37 heavy (non-hydrogen) atoms. The van der Waals surface area contributed by atoms with Crippen LogP contribution in [0.25, 0.3) is 0 Å². The van der Waals surface area contributed by atoms with E-state index in [1.165, 1.54) is 0 Å². The van der Waals surface area contributed by atoms with Crippen LogP contribution >= 0.6 is 0 Å². The summed E-state index contributed by atoms with van der Waals surface area (Å²) < 4.78 is 0. The molecule has 0 aliphatic heterocycles. The summed E-state index contributed by atoms with van der Waals surface area (Å²) >= 11 is 0. The van der Waals surface area contributed by atoms with Crippen LogP contribution in [-0.2, 0) is 40.0 Å². The monoisotopic (exact) mass is 523 g/mol. The number of benzene rings is 1. The van der Waals surface area contributed by atoms with E-state index in [0.29, 0.717) is 5.56 Å². The number of hydrogen-bond donors (Lipinski definition) is 8. The van der Waals surface area contributed by atoms with E-state index in [1.54, 1.807) is 30.3 Å². The van der Waals surface area contributed by atoms with E-state index < -0.39 is 91.4 Å². The van der Waals surface area contributed by atoms with Crippen molar-refractivity contribution in [3.63, 3.8) is 0 Å². The van der Waals surface area contributed by atoms with Crippen molar-refractivity contribution < 1.29 is 48.9 Å². The second kappa shape index (κ2) is 14.8. The molecule has 0 saturated carbocycles. The molecule has 10 N–H and O–H groups in total. The number of primary amides is 1. The molecule has 0 fully saturated rings. The number of aliphatic carboxylic acids is 3. The van der Waals surface area contributed by atoms with Crippen molar-refractivity contribution in [2.45, 2.75) is 56.3 Å². The van der Waals surface area contributed by atoms with Crippen LogP contribution < -0.4 is 27.4 Å². The van der Waals surface area contributed by atoms with Crippen LogP contribution in [0.3, 0.4) is 0 Å². The molecule has 0 radical (unpaired) electrons. The second-order valence-electron chi connectivity index (χ2n) is 8.02. The Morgan fingerprint density at radius 2 is 1.27 bits per heavy atom. The van der Waals surface area contributed by atoms with Crippen molar-refractivity contribution in [3.8, 4) is 0 Å². The van der Waals surface area contributed by atoms with Crippen LogP contribution in [-0.4, -0.2) is 81.0 Å². The summed E-state index contributed by atoms with van der Waals surface area (Å²) in [5.74, 6) is -8.66. The lowest BCUT2D eigenvalue weighted by Gasteiger charge is -2.24. The van der Waals surface area contributed by atoms with E-state index >= 15 is 0 Å². The van der Waals surface area contributed by atoms with Gasteiger partial charge in [-0.1, -0.05) is 30.3 Å². The van der Waals surface area contributed by atoms with Gasteiger partial charge in [-0.3, -0.25) is 28.8 Å². The molecule has 0 aliphatic rings. The van der Waals surface area contributed by atoms with Gasteiger partial charge in [0, 0.05) is 6.42 Å². The molecule has 0 heterocycles. The first kappa shape index (κ1) is 30.5. The lowest BCUT2D eigenvalue weighted by Crippen LogP contribution is -2.58. The highest BCUT2D eigenvalue weighted by Gasteiger charge is 2.32. The molecule has 15 nitrogen and oxygen atoms in total. The predicted octanol–water partition coefficient (Wildman–Crippen LogP) is -2.69. The Hall–Kier alpha value is -4.53. The molecular weight excluding hydrogens is 494 g/mol. The lowest BCUT2D eigenvalue weighted by molar-refractivity contribution is -0.144. The van der Waals surface area contributed by atoms with Gasteiger partial charge in [-0.05, 0) is 18.4 Å². The minimum absolute atomic E-state index is 0.0775. The summed E-state index contributed by atoms with van der Waals surface area (Å²) in [4.78, 5) is 82.6. The Balaban J connectivity index is 3.01. The first-order chi connectivity index (χ1) is 17.3. The Morgan fingerprint density at radius 1 is 0.730 bits per heavy atom. The SMILES string of the molecule is NC(=O)CC(NC(=O)C(CCC(=O)O)NC(=O)C(CC(=O)O)NC(=O)C(N)Cc1ccccc1)C(=O)O. The zero-order valence-electron chi connectivity index (χ0n) is 19.6. The summed E-state index contributed by atoms with van der Waals surface area (Å²) in [5, 5.41) is 33.6. The van der Waals surface area contributed by atoms with E-state index in [2.05, 4.69) is 10.6 Å². The van der Waals surface area contributed by atoms with Crippen molar-refractivity contribution in [3.05, 3.63) is 35.9 Å². The molecule has 1 aromatic rings. The number of carboxylic acid groups (broad SMARTS) is 3. The maximum Gasteiger partial charge on any atom is 0.326 e. The number of amides is 4. The third kappa shape index (κ3) is 11.6. The Labute approximate surface area is 210 Å². The topological polar surface area (TPSA) is 268 Å². The van der Waals surface area contributed by atoms with E-state index in [0.717, 1.165) is 0 Å². The first-order valence-corrected chi connectivity index (χ1v) is 11.0. The van der Waals surface area contributed by atoms with Gasteiger partial charge in [0.15, 0.2) is 0 Å². The number of hydrogen-bond acceptors (Lipinski definition) is 8. The Bertz CT molecular complexity index is 1020. The average molecular weight is 523 g/mol. The van der Waals surface area contributed by atoms with Gasteiger partial charge in [-0.2, -0.15) is 0 Å².